The molecule has 104 valence electrons. The van der Waals surface area contributed by atoms with Crippen molar-refractivity contribution in [3.05, 3.63) is 24.0 Å². The SMILES string of the molecule is CCCCCCCCNc1nc2cc(F)ccc2s1. The Labute approximate surface area is 118 Å². The van der Waals surface area contributed by atoms with E-state index in [1.807, 2.05) is 0 Å². The van der Waals surface area contributed by atoms with Gasteiger partial charge in [0.1, 0.15) is 5.82 Å². The molecule has 0 amide bonds. The van der Waals surface area contributed by atoms with Gasteiger partial charge in [0.2, 0.25) is 0 Å². The molecule has 1 N–H and O–H groups in total. The highest BCUT2D eigenvalue weighted by molar-refractivity contribution is 7.22. The van der Waals surface area contributed by atoms with Crippen LogP contribution >= 0.6 is 11.3 Å². The van der Waals surface area contributed by atoms with Crippen molar-refractivity contribution >= 4 is 26.7 Å². The average molecular weight is 280 g/mol. The standard InChI is InChI=1S/C15H21FN2S/c1-2-3-4-5-6-7-10-17-15-18-13-11-12(16)8-9-14(13)19-15/h8-9,11H,2-7,10H2,1H3,(H,17,18). The molecule has 1 aromatic heterocycles. The lowest BCUT2D eigenvalue weighted by atomic mass is 10.1. The summed E-state index contributed by atoms with van der Waals surface area (Å²) in [5.41, 5.74) is 0.746. The number of anilines is 1. The quantitative estimate of drug-likeness (QED) is 0.672. The molecule has 0 aliphatic heterocycles. The molecule has 0 bridgehead atoms. The molecule has 2 rings (SSSR count). The second-order valence-corrected chi connectivity index (χ2v) is 5.86. The maximum Gasteiger partial charge on any atom is 0.183 e. The minimum absolute atomic E-state index is 0.222. The van der Waals surface area contributed by atoms with Crippen LogP contribution < -0.4 is 5.32 Å². The third-order valence-electron chi connectivity index (χ3n) is 3.16. The Morgan fingerprint density at radius 1 is 1.16 bits per heavy atom. The van der Waals surface area contributed by atoms with Crippen LogP contribution in [-0.4, -0.2) is 11.5 Å². The zero-order valence-electron chi connectivity index (χ0n) is 11.4. The first-order chi connectivity index (χ1) is 9.29. The predicted octanol–water partition coefficient (Wildman–Crippen LogP) is 5.21. The molecule has 0 atom stereocenters. The highest BCUT2D eigenvalue weighted by atomic mass is 32.1. The Kier molecular flexibility index (Phi) is 5.58. The van der Waals surface area contributed by atoms with Gasteiger partial charge in [0.15, 0.2) is 5.13 Å². The number of nitrogens with zero attached hydrogens (tertiary/aromatic N) is 1. The smallest absolute Gasteiger partial charge is 0.183 e. The second kappa shape index (κ2) is 7.43. The Hall–Kier alpha value is -1.16. The maximum atomic E-state index is 13.0. The Morgan fingerprint density at radius 3 is 2.79 bits per heavy atom. The van der Waals surface area contributed by atoms with Crippen LogP contribution in [0.25, 0.3) is 10.2 Å². The molecule has 0 spiro atoms. The first kappa shape index (κ1) is 14.3. The first-order valence-electron chi connectivity index (χ1n) is 7.09. The number of hydrogen-bond acceptors (Lipinski definition) is 3. The fourth-order valence-corrected chi connectivity index (χ4v) is 2.95. The molecule has 1 heterocycles. The summed E-state index contributed by atoms with van der Waals surface area (Å²) in [4.78, 5) is 4.39. The zero-order chi connectivity index (χ0) is 13.5. The van der Waals surface area contributed by atoms with Gasteiger partial charge >= 0.3 is 0 Å². The van der Waals surface area contributed by atoms with E-state index in [9.17, 15) is 4.39 Å². The topological polar surface area (TPSA) is 24.9 Å². The van der Waals surface area contributed by atoms with Crippen LogP contribution in [0.3, 0.4) is 0 Å². The van der Waals surface area contributed by atoms with E-state index in [1.165, 1.54) is 50.7 Å². The number of rotatable bonds is 8. The van der Waals surface area contributed by atoms with Crippen LogP contribution in [0, 0.1) is 5.82 Å². The van der Waals surface area contributed by atoms with Gasteiger partial charge in [-0.25, -0.2) is 9.37 Å². The molecule has 19 heavy (non-hydrogen) atoms. The van der Waals surface area contributed by atoms with E-state index in [4.69, 9.17) is 0 Å². The van der Waals surface area contributed by atoms with E-state index < -0.39 is 0 Å². The molecule has 2 aromatic rings. The molecule has 0 unspecified atom stereocenters. The molecule has 0 fully saturated rings. The molecule has 0 aliphatic rings. The van der Waals surface area contributed by atoms with Gasteiger partial charge in [-0.3, -0.25) is 0 Å². The van der Waals surface area contributed by atoms with E-state index in [1.54, 1.807) is 17.4 Å². The van der Waals surface area contributed by atoms with Gasteiger partial charge in [0.25, 0.3) is 0 Å². The minimum Gasteiger partial charge on any atom is -0.361 e. The van der Waals surface area contributed by atoms with E-state index >= 15 is 0 Å². The molecule has 0 saturated heterocycles. The van der Waals surface area contributed by atoms with Crippen molar-refractivity contribution in [1.82, 2.24) is 4.98 Å². The fraction of sp³-hybridized carbons (Fsp3) is 0.533. The number of fused-ring (bicyclic) bond motifs is 1. The molecule has 0 saturated carbocycles. The molecule has 0 aliphatic carbocycles. The van der Waals surface area contributed by atoms with Gasteiger partial charge < -0.3 is 5.32 Å². The van der Waals surface area contributed by atoms with E-state index in [-0.39, 0.29) is 5.82 Å². The van der Waals surface area contributed by atoms with Crippen LogP contribution in [0.5, 0.6) is 0 Å². The van der Waals surface area contributed by atoms with Crippen LogP contribution in [0.15, 0.2) is 18.2 Å². The number of nitrogens with one attached hydrogen (secondary N) is 1. The summed E-state index contributed by atoms with van der Waals surface area (Å²) in [5.74, 6) is -0.222. The van der Waals surface area contributed by atoms with Gasteiger partial charge in [-0.2, -0.15) is 0 Å². The number of unbranched alkanes of at least 4 members (excludes halogenated alkanes) is 5. The third kappa shape index (κ3) is 4.46. The second-order valence-electron chi connectivity index (χ2n) is 4.83. The van der Waals surface area contributed by atoms with Crippen LogP contribution in [0.2, 0.25) is 0 Å². The summed E-state index contributed by atoms with van der Waals surface area (Å²) < 4.78 is 14.1. The highest BCUT2D eigenvalue weighted by Gasteiger charge is 2.03. The van der Waals surface area contributed by atoms with Crippen molar-refractivity contribution in [2.45, 2.75) is 45.4 Å². The zero-order valence-corrected chi connectivity index (χ0v) is 12.2. The number of benzene rings is 1. The highest BCUT2D eigenvalue weighted by Crippen LogP contribution is 2.26. The Balaban J connectivity index is 1.72. The lowest BCUT2D eigenvalue weighted by Gasteiger charge is -2.02. The summed E-state index contributed by atoms with van der Waals surface area (Å²) in [6.07, 6.45) is 7.75. The van der Waals surface area contributed by atoms with Gasteiger partial charge in [-0.15, -0.1) is 0 Å². The number of aromatic nitrogens is 1. The van der Waals surface area contributed by atoms with E-state index in [0.717, 1.165) is 21.9 Å². The van der Waals surface area contributed by atoms with Crippen molar-refractivity contribution < 1.29 is 4.39 Å². The first-order valence-corrected chi connectivity index (χ1v) is 7.91. The summed E-state index contributed by atoms with van der Waals surface area (Å²) in [6, 6.07) is 4.76. The van der Waals surface area contributed by atoms with Crippen molar-refractivity contribution in [3.8, 4) is 0 Å². The summed E-state index contributed by atoms with van der Waals surface area (Å²) in [7, 11) is 0. The van der Waals surface area contributed by atoms with Crippen molar-refractivity contribution in [2.24, 2.45) is 0 Å². The van der Waals surface area contributed by atoms with Crippen molar-refractivity contribution in [2.75, 3.05) is 11.9 Å². The lowest BCUT2D eigenvalue weighted by molar-refractivity contribution is 0.617. The largest absolute Gasteiger partial charge is 0.361 e. The van der Waals surface area contributed by atoms with Crippen molar-refractivity contribution in [1.29, 1.82) is 0 Å². The van der Waals surface area contributed by atoms with Crippen LogP contribution in [0.4, 0.5) is 9.52 Å². The summed E-state index contributed by atoms with van der Waals surface area (Å²) in [6.45, 7) is 3.19. The molecular weight excluding hydrogens is 259 g/mol. The van der Waals surface area contributed by atoms with Gasteiger partial charge in [0.05, 0.1) is 10.2 Å². The van der Waals surface area contributed by atoms with E-state index in [2.05, 4.69) is 17.2 Å². The summed E-state index contributed by atoms with van der Waals surface area (Å²) in [5, 5.41) is 4.23. The van der Waals surface area contributed by atoms with Crippen LogP contribution in [-0.2, 0) is 0 Å². The Morgan fingerprint density at radius 2 is 1.95 bits per heavy atom. The number of halogens is 1. The third-order valence-corrected chi connectivity index (χ3v) is 4.15. The van der Waals surface area contributed by atoms with Crippen LogP contribution in [0.1, 0.15) is 45.4 Å². The predicted molar refractivity (Wildman–Crippen MR) is 81.4 cm³/mol. The Bertz CT molecular complexity index is 510. The van der Waals surface area contributed by atoms with Crippen molar-refractivity contribution in [3.63, 3.8) is 0 Å². The van der Waals surface area contributed by atoms with Gasteiger partial charge in [-0.1, -0.05) is 50.4 Å². The monoisotopic (exact) mass is 280 g/mol. The molecule has 4 heteroatoms. The van der Waals surface area contributed by atoms with Gasteiger partial charge in [0, 0.05) is 12.6 Å². The maximum absolute atomic E-state index is 13.0. The summed E-state index contributed by atoms with van der Waals surface area (Å²) >= 11 is 1.59. The van der Waals surface area contributed by atoms with Gasteiger partial charge in [-0.05, 0) is 18.6 Å². The number of thiazole rings is 1. The fourth-order valence-electron chi connectivity index (χ4n) is 2.08. The normalized spacial score (nSPS) is 11.1. The minimum atomic E-state index is -0.222. The molecule has 2 nitrogen and oxygen atoms in total. The average Bonchev–Trinajstić information content (AvgIpc) is 2.79. The van der Waals surface area contributed by atoms with E-state index in [0.29, 0.717) is 0 Å². The lowest BCUT2D eigenvalue weighted by Crippen LogP contribution is -2.00. The molecule has 1 aromatic carbocycles. The number of hydrogen-bond donors (Lipinski definition) is 1. The molecule has 0 radical (unpaired) electrons. The molecular formula is C15H21FN2S.